The van der Waals surface area contributed by atoms with Gasteiger partial charge in [0.25, 0.3) is 0 Å². The van der Waals surface area contributed by atoms with Gasteiger partial charge in [-0.2, -0.15) is 0 Å². The van der Waals surface area contributed by atoms with E-state index in [0.29, 0.717) is 0 Å². The number of hydrogen-bond donors (Lipinski definition) is 0. The first-order valence-electron chi connectivity index (χ1n) is 7.01. The van der Waals surface area contributed by atoms with Gasteiger partial charge in [-0.05, 0) is 36.2 Å². The number of alkyl halides is 1. The molecular formula is C17H19BrOS. The van der Waals surface area contributed by atoms with Crippen molar-refractivity contribution >= 4 is 27.3 Å². The number of aryl methyl sites for hydroxylation is 1. The minimum atomic E-state index is 0.113. The number of halogens is 1. The van der Waals surface area contributed by atoms with Crippen LogP contribution in [0.15, 0.2) is 30.3 Å². The second-order valence-corrected chi connectivity index (χ2v) is 8.06. The molecule has 1 aromatic heterocycles. The molecular weight excluding hydrogens is 332 g/mol. The lowest BCUT2D eigenvalue weighted by molar-refractivity contribution is 0.291. The van der Waals surface area contributed by atoms with Crippen molar-refractivity contribution in [3.63, 3.8) is 0 Å². The van der Waals surface area contributed by atoms with E-state index >= 15 is 0 Å². The summed E-state index contributed by atoms with van der Waals surface area (Å²) in [6.45, 7) is 7.46. The van der Waals surface area contributed by atoms with E-state index in [1.165, 1.54) is 20.9 Å². The maximum absolute atomic E-state index is 5.76. The molecule has 0 radical (unpaired) electrons. The summed E-state index contributed by atoms with van der Waals surface area (Å²) in [5.41, 5.74) is 2.75. The van der Waals surface area contributed by atoms with Crippen LogP contribution < -0.4 is 4.74 Å². The highest BCUT2D eigenvalue weighted by Crippen LogP contribution is 2.42. The first-order chi connectivity index (χ1) is 9.51. The lowest BCUT2D eigenvalue weighted by Gasteiger charge is -2.17. The summed E-state index contributed by atoms with van der Waals surface area (Å²) >= 11 is 5.74. The van der Waals surface area contributed by atoms with Crippen molar-refractivity contribution in [1.82, 2.24) is 0 Å². The zero-order valence-corrected chi connectivity index (χ0v) is 14.5. The average molecular weight is 351 g/mol. The Balaban J connectivity index is 1.95. The molecule has 0 bridgehead atoms. The summed E-state index contributed by atoms with van der Waals surface area (Å²) < 4.78 is 5.76. The van der Waals surface area contributed by atoms with Gasteiger partial charge in [0.15, 0.2) is 0 Å². The van der Waals surface area contributed by atoms with E-state index in [0.717, 1.165) is 18.8 Å². The molecule has 0 spiro atoms. The van der Waals surface area contributed by atoms with Crippen LogP contribution in [0.3, 0.4) is 0 Å². The van der Waals surface area contributed by atoms with Crippen LogP contribution in [0.1, 0.15) is 46.5 Å². The van der Waals surface area contributed by atoms with Crippen molar-refractivity contribution in [2.45, 2.75) is 37.4 Å². The zero-order valence-electron chi connectivity index (χ0n) is 12.1. The van der Waals surface area contributed by atoms with Gasteiger partial charge in [0.05, 0.1) is 11.4 Å². The van der Waals surface area contributed by atoms with Gasteiger partial charge in [-0.15, -0.1) is 11.3 Å². The smallest absolute Gasteiger partial charge is 0.123 e. The number of hydrogen-bond acceptors (Lipinski definition) is 2. The third-order valence-electron chi connectivity index (χ3n) is 3.89. The molecule has 1 aromatic carbocycles. The highest BCUT2D eigenvalue weighted by Gasteiger charge is 2.32. The lowest BCUT2D eigenvalue weighted by atomic mass is 9.86. The summed E-state index contributed by atoms with van der Waals surface area (Å²) in [5, 5.41) is 0. The Labute approximate surface area is 133 Å². The van der Waals surface area contributed by atoms with Gasteiger partial charge >= 0.3 is 0 Å². The molecule has 0 N–H and O–H groups in total. The second kappa shape index (κ2) is 5.19. The molecule has 0 amide bonds. The lowest BCUT2D eigenvalue weighted by Crippen LogP contribution is -2.18. The van der Waals surface area contributed by atoms with Crippen molar-refractivity contribution in [1.29, 1.82) is 0 Å². The molecule has 1 nitrogen and oxygen atoms in total. The Hall–Kier alpha value is -0.800. The molecule has 0 aliphatic carbocycles. The molecule has 1 atom stereocenters. The van der Waals surface area contributed by atoms with Crippen LogP contribution >= 0.6 is 27.3 Å². The third kappa shape index (κ3) is 2.42. The summed E-state index contributed by atoms with van der Waals surface area (Å²) in [7, 11) is 0. The molecule has 1 aliphatic rings. The molecule has 3 heteroatoms. The number of thiophene rings is 1. The highest BCUT2D eigenvalue weighted by molar-refractivity contribution is 9.09. The topological polar surface area (TPSA) is 9.23 Å². The number of rotatable bonds is 3. The highest BCUT2D eigenvalue weighted by atomic mass is 79.9. The van der Waals surface area contributed by atoms with E-state index in [-0.39, 0.29) is 10.2 Å². The third-order valence-corrected chi connectivity index (χ3v) is 6.51. The van der Waals surface area contributed by atoms with Crippen molar-refractivity contribution in [2.75, 3.05) is 6.61 Å². The first-order valence-corrected chi connectivity index (χ1v) is 8.74. The van der Waals surface area contributed by atoms with Crippen LogP contribution in [0.5, 0.6) is 5.75 Å². The predicted molar refractivity (Wildman–Crippen MR) is 89.4 cm³/mol. The Bertz CT molecular complexity index is 630. The van der Waals surface area contributed by atoms with E-state index in [2.05, 4.69) is 67.0 Å². The van der Waals surface area contributed by atoms with Crippen LogP contribution in [0.25, 0.3) is 0 Å². The molecule has 1 aliphatic heterocycles. The molecule has 1 unspecified atom stereocenters. The van der Waals surface area contributed by atoms with Crippen LogP contribution in [0.2, 0.25) is 0 Å². The Kier molecular flexibility index (Phi) is 3.67. The quantitative estimate of drug-likeness (QED) is 0.667. The zero-order chi connectivity index (χ0) is 14.3. The van der Waals surface area contributed by atoms with Crippen molar-refractivity contribution in [3.05, 3.63) is 51.2 Å². The average Bonchev–Trinajstić information content (AvgIpc) is 3.03. The summed E-state index contributed by atoms with van der Waals surface area (Å²) in [5.74, 6) is 1.04. The van der Waals surface area contributed by atoms with Crippen LogP contribution in [-0.4, -0.2) is 6.61 Å². The van der Waals surface area contributed by atoms with Gasteiger partial charge in [0, 0.05) is 20.7 Å². The number of fused-ring (bicyclic) bond motifs is 1. The van der Waals surface area contributed by atoms with E-state index < -0.39 is 0 Å². The van der Waals surface area contributed by atoms with E-state index in [1.807, 2.05) is 11.3 Å². The Morgan fingerprint density at radius 2 is 2.10 bits per heavy atom. The Morgan fingerprint density at radius 1 is 1.30 bits per heavy atom. The number of ether oxygens (including phenoxy) is 1. The molecule has 20 heavy (non-hydrogen) atoms. The molecule has 3 rings (SSSR count). The van der Waals surface area contributed by atoms with Gasteiger partial charge in [-0.1, -0.05) is 42.8 Å². The van der Waals surface area contributed by atoms with Gasteiger partial charge in [-0.25, -0.2) is 0 Å². The van der Waals surface area contributed by atoms with Crippen LogP contribution in [-0.2, 0) is 11.8 Å². The molecule has 106 valence electrons. The fourth-order valence-electron chi connectivity index (χ4n) is 2.58. The fraction of sp³-hybridized carbons (Fsp3) is 0.412. The minimum Gasteiger partial charge on any atom is -0.492 e. The number of benzene rings is 1. The van der Waals surface area contributed by atoms with Crippen LogP contribution in [0, 0.1) is 0 Å². The van der Waals surface area contributed by atoms with Crippen molar-refractivity contribution in [2.24, 2.45) is 0 Å². The van der Waals surface area contributed by atoms with E-state index in [1.54, 1.807) is 0 Å². The summed E-state index contributed by atoms with van der Waals surface area (Å²) in [6, 6.07) is 11.0. The van der Waals surface area contributed by atoms with Crippen LogP contribution in [0.4, 0.5) is 0 Å². The van der Waals surface area contributed by atoms with E-state index in [9.17, 15) is 0 Å². The standard InChI is InChI=1S/C17H19BrOS/c1-4-12-6-8-15(20-12)16(18)11-5-7-14-13(9-11)17(2,3)10-19-14/h5-9,16H,4,10H2,1-3H3. The molecule has 0 saturated carbocycles. The largest absolute Gasteiger partial charge is 0.492 e. The SMILES string of the molecule is CCc1ccc(C(Br)c2ccc3c(c2)C(C)(C)CO3)s1. The molecule has 0 saturated heterocycles. The molecule has 0 fully saturated rings. The first kappa shape index (κ1) is 14.2. The minimum absolute atomic E-state index is 0.113. The normalized spacial score (nSPS) is 17.6. The molecule has 2 aromatic rings. The predicted octanol–water partition coefficient (Wildman–Crippen LogP) is 5.46. The summed E-state index contributed by atoms with van der Waals surface area (Å²) in [4.78, 5) is 3.09. The fourth-order valence-corrected chi connectivity index (χ4v) is 4.26. The maximum atomic E-state index is 5.76. The summed E-state index contributed by atoms with van der Waals surface area (Å²) in [6.07, 6.45) is 1.11. The van der Waals surface area contributed by atoms with Gasteiger partial charge in [0.1, 0.15) is 5.75 Å². The van der Waals surface area contributed by atoms with Gasteiger partial charge < -0.3 is 4.74 Å². The maximum Gasteiger partial charge on any atom is 0.123 e. The second-order valence-electron chi connectivity index (χ2n) is 5.95. The van der Waals surface area contributed by atoms with E-state index in [4.69, 9.17) is 4.74 Å². The van der Waals surface area contributed by atoms with Gasteiger partial charge in [-0.3, -0.25) is 0 Å². The van der Waals surface area contributed by atoms with Crippen molar-refractivity contribution < 1.29 is 4.74 Å². The Morgan fingerprint density at radius 3 is 2.80 bits per heavy atom. The van der Waals surface area contributed by atoms with Crippen molar-refractivity contribution in [3.8, 4) is 5.75 Å². The molecule has 2 heterocycles. The van der Waals surface area contributed by atoms with Gasteiger partial charge in [0.2, 0.25) is 0 Å². The monoisotopic (exact) mass is 350 g/mol.